The van der Waals surface area contributed by atoms with Gasteiger partial charge in [-0.3, -0.25) is 4.79 Å². The first-order chi connectivity index (χ1) is 6.58. The van der Waals surface area contributed by atoms with E-state index in [1.807, 2.05) is 0 Å². The Hall–Kier alpha value is -0.840. The van der Waals surface area contributed by atoms with E-state index in [1.54, 1.807) is 6.08 Å². The molecule has 78 valence electrons. The number of ketones is 1. The molecule has 14 heavy (non-hydrogen) atoms. The topological polar surface area (TPSA) is 60.4 Å². The van der Waals surface area contributed by atoms with Crippen LogP contribution in [0.3, 0.4) is 0 Å². The van der Waals surface area contributed by atoms with Crippen molar-refractivity contribution in [1.29, 1.82) is 0 Å². The number of Topliss-reactive ketones (excluding diaryl/α,β-unsaturated/α-hetero) is 1. The van der Waals surface area contributed by atoms with Gasteiger partial charge in [0.1, 0.15) is 0 Å². The van der Waals surface area contributed by atoms with E-state index >= 15 is 0 Å². The van der Waals surface area contributed by atoms with E-state index in [2.05, 4.69) is 0 Å². The van der Waals surface area contributed by atoms with E-state index in [0.29, 0.717) is 18.8 Å². The van der Waals surface area contributed by atoms with Gasteiger partial charge in [0, 0.05) is 12.3 Å². The van der Waals surface area contributed by atoms with Gasteiger partial charge in [-0.05, 0) is 12.5 Å². The van der Waals surface area contributed by atoms with Crippen molar-refractivity contribution in [1.82, 2.24) is 0 Å². The molecule has 2 heterocycles. The number of ether oxygens (including phenoxy) is 1. The van der Waals surface area contributed by atoms with E-state index in [1.165, 1.54) is 0 Å². The van der Waals surface area contributed by atoms with Gasteiger partial charge in [-0.2, -0.15) is 0 Å². The monoisotopic (exact) mass is 216 g/mol. The molecule has 0 amide bonds. The fourth-order valence-electron chi connectivity index (χ4n) is 1.79. The molecular weight excluding hydrogens is 204 g/mol. The summed E-state index contributed by atoms with van der Waals surface area (Å²) in [4.78, 5) is 11.7. The average Bonchev–Trinajstić information content (AvgIpc) is 2.72. The molecule has 0 radical (unpaired) electrons. The van der Waals surface area contributed by atoms with E-state index in [4.69, 9.17) is 4.74 Å². The molecule has 0 N–H and O–H groups in total. The molecule has 0 aromatic carbocycles. The van der Waals surface area contributed by atoms with E-state index in [0.717, 1.165) is 6.42 Å². The Morgan fingerprint density at radius 1 is 1.50 bits per heavy atom. The number of sulfone groups is 1. The van der Waals surface area contributed by atoms with Crippen molar-refractivity contribution in [2.45, 2.75) is 12.8 Å². The first-order valence-electron chi connectivity index (χ1n) is 4.66. The highest BCUT2D eigenvalue weighted by Crippen LogP contribution is 2.24. The third kappa shape index (κ3) is 1.82. The SMILES string of the molecule is O=C(C1=CCCO1)C1CCS(=O)(=O)C1. The molecule has 1 atom stereocenters. The Kier molecular flexibility index (Phi) is 2.34. The summed E-state index contributed by atoms with van der Waals surface area (Å²) in [7, 11) is -2.97. The van der Waals surface area contributed by atoms with Gasteiger partial charge >= 0.3 is 0 Å². The van der Waals surface area contributed by atoms with Crippen molar-refractivity contribution in [3.63, 3.8) is 0 Å². The van der Waals surface area contributed by atoms with Gasteiger partial charge in [0.15, 0.2) is 15.6 Å². The summed E-state index contributed by atoms with van der Waals surface area (Å²) < 4.78 is 27.4. The van der Waals surface area contributed by atoms with Crippen LogP contribution in [-0.2, 0) is 19.4 Å². The average molecular weight is 216 g/mol. The molecule has 4 nitrogen and oxygen atoms in total. The lowest BCUT2D eigenvalue weighted by Crippen LogP contribution is -2.18. The number of rotatable bonds is 2. The summed E-state index contributed by atoms with van der Waals surface area (Å²) >= 11 is 0. The summed E-state index contributed by atoms with van der Waals surface area (Å²) in [6.45, 7) is 0.542. The molecular formula is C9H12O4S. The Bertz CT molecular complexity index is 380. The zero-order valence-electron chi connectivity index (χ0n) is 7.73. The van der Waals surface area contributed by atoms with E-state index in [-0.39, 0.29) is 23.2 Å². The molecule has 0 aromatic heterocycles. The lowest BCUT2D eigenvalue weighted by atomic mass is 10.0. The van der Waals surface area contributed by atoms with Gasteiger partial charge in [-0.1, -0.05) is 0 Å². The van der Waals surface area contributed by atoms with Crippen LogP contribution in [-0.4, -0.2) is 32.3 Å². The Balaban J connectivity index is 2.07. The molecule has 1 saturated heterocycles. The number of carbonyl (C=O) groups is 1. The molecule has 0 saturated carbocycles. The second kappa shape index (κ2) is 3.38. The lowest BCUT2D eigenvalue weighted by molar-refractivity contribution is -0.121. The standard InChI is InChI=1S/C9H12O4S/c10-9(8-2-1-4-13-8)7-3-5-14(11,12)6-7/h2,7H,1,3-6H2. The summed E-state index contributed by atoms with van der Waals surface area (Å²) in [5.41, 5.74) is 0. The van der Waals surface area contributed by atoms with Crippen LogP contribution in [0.5, 0.6) is 0 Å². The molecule has 0 bridgehead atoms. The van der Waals surface area contributed by atoms with E-state index < -0.39 is 9.84 Å². The van der Waals surface area contributed by atoms with Gasteiger partial charge < -0.3 is 4.74 Å². The third-order valence-corrected chi connectivity index (χ3v) is 4.32. The second-order valence-electron chi connectivity index (χ2n) is 3.67. The van der Waals surface area contributed by atoms with Gasteiger partial charge in [-0.15, -0.1) is 0 Å². The van der Waals surface area contributed by atoms with Crippen molar-refractivity contribution in [3.05, 3.63) is 11.8 Å². The molecule has 0 aliphatic carbocycles. The first kappa shape index (κ1) is 9.71. The maximum absolute atomic E-state index is 11.7. The Morgan fingerprint density at radius 3 is 2.79 bits per heavy atom. The van der Waals surface area contributed by atoms with E-state index in [9.17, 15) is 13.2 Å². The molecule has 2 aliphatic rings. The maximum Gasteiger partial charge on any atom is 0.201 e. The van der Waals surface area contributed by atoms with Crippen molar-refractivity contribution in [2.24, 2.45) is 5.92 Å². The van der Waals surface area contributed by atoms with Crippen molar-refractivity contribution in [3.8, 4) is 0 Å². The molecule has 5 heteroatoms. The van der Waals surface area contributed by atoms with Gasteiger partial charge in [-0.25, -0.2) is 8.42 Å². The molecule has 0 aromatic rings. The minimum absolute atomic E-state index is 0.00741. The largest absolute Gasteiger partial charge is 0.490 e. The van der Waals surface area contributed by atoms with Crippen molar-refractivity contribution in [2.75, 3.05) is 18.1 Å². The van der Waals surface area contributed by atoms with Crippen LogP contribution in [0.1, 0.15) is 12.8 Å². The smallest absolute Gasteiger partial charge is 0.201 e. The fraction of sp³-hybridized carbons (Fsp3) is 0.667. The van der Waals surface area contributed by atoms with Gasteiger partial charge in [0.2, 0.25) is 5.78 Å². The number of carbonyl (C=O) groups excluding carboxylic acids is 1. The summed E-state index contributed by atoms with van der Waals surface area (Å²) in [5.74, 6) is -0.0107. The van der Waals surface area contributed by atoms with Crippen LogP contribution in [0.15, 0.2) is 11.8 Å². The van der Waals surface area contributed by atoms with Crippen molar-refractivity contribution < 1.29 is 17.9 Å². The summed E-state index contributed by atoms with van der Waals surface area (Å²) in [5, 5.41) is 0. The summed E-state index contributed by atoms with van der Waals surface area (Å²) in [6.07, 6.45) is 2.94. The van der Waals surface area contributed by atoms with Crippen LogP contribution < -0.4 is 0 Å². The number of allylic oxidation sites excluding steroid dienone is 1. The zero-order valence-corrected chi connectivity index (χ0v) is 8.55. The Labute approximate surface area is 82.9 Å². The third-order valence-electron chi connectivity index (χ3n) is 2.55. The van der Waals surface area contributed by atoms with Crippen LogP contribution in [0.4, 0.5) is 0 Å². The van der Waals surface area contributed by atoms with Crippen LogP contribution >= 0.6 is 0 Å². The predicted octanol–water partition coefficient (Wildman–Crippen LogP) is 0.294. The lowest BCUT2D eigenvalue weighted by Gasteiger charge is -2.06. The molecule has 2 rings (SSSR count). The minimum Gasteiger partial charge on any atom is -0.490 e. The molecule has 1 fully saturated rings. The van der Waals surface area contributed by atoms with Gasteiger partial charge in [0.25, 0.3) is 0 Å². The first-order valence-corrected chi connectivity index (χ1v) is 6.48. The fourth-order valence-corrected chi connectivity index (χ4v) is 3.53. The molecule has 2 aliphatic heterocycles. The van der Waals surface area contributed by atoms with Crippen LogP contribution in [0.2, 0.25) is 0 Å². The summed E-state index contributed by atoms with van der Waals surface area (Å²) in [6, 6.07) is 0. The van der Waals surface area contributed by atoms with Crippen molar-refractivity contribution >= 4 is 15.6 Å². The highest BCUT2D eigenvalue weighted by Gasteiger charge is 2.35. The second-order valence-corrected chi connectivity index (χ2v) is 5.90. The van der Waals surface area contributed by atoms with Gasteiger partial charge in [0.05, 0.1) is 18.1 Å². The zero-order chi connectivity index (χ0) is 10.2. The normalized spacial score (nSPS) is 29.7. The quantitative estimate of drug-likeness (QED) is 0.666. The molecule has 0 spiro atoms. The van der Waals surface area contributed by atoms with Crippen LogP contribution in [0.25, 0.3) is 0 Å². The number of hydrogen-bond acceptors (Lipinski definition) is 4. The van der Waals surface area contributed by atoms with Crippen LogP contribution in [0, 0.1) is 5.92 Å². The minimum atomic E-state index is -2.97. The Morgan fingerprint density at radius 2 is 2.29 bits per heavy atom. The highest BCUT2D eigenvalue weighted by molar-refractivity contribution is 7.91. The highest BCUT2D eigenvalue weighted by atomic mass is 32.2. The molecule has 1 unspecified atom stereocenters. The maximum atomic E-state index is 11.7. The predicted molar refractivity (Wildman–Crippen MR) is 50.4 cm³/mol. The number of hydrogen-bond donors (Lipinski definition) is 0.